The lowest BCUT2D eigenvalue weighted by Crippen LogP contribution is -2.34. The summed E-state index contributed by atoms with van der Waals surface area (Å²) in [6.45, 7) is 6.39. The standard InChI is InChI=1S/C18H24N2O2/c1-4-22-18(21)15(19)11-14-13-7-5-6-8-16(13)20-17(14)10-9-12(2)3/h5-10,12,15,20H,4,11,19H2,1-3H3/b10-9+. The summed E-state index contributed by atoms with van der Waals surface area (Å²) >= 11 is 0. The second-order valence-electron chi connectivity index (χ2n) is 5.73. The highest BCUT2D eigenvalue weighted by atomic mass is 16.5. The molecule has 0 aliphatic carbocycles. The van der Waals surface area contributed by atoms with Crippen LogP contribution in [0.5, 0.6) is 0 Å². The maximum atomic E-state index is 11.8. The van der Waals surface area contributed by atoms with Crippen LogP contribution in [0, 0.1) is 5.92 Å². The van der Waals surface area contributed by atoms with E-state index in [9.17, 15) is 4.79 Å². The number of para-hydroxylation sites is 1. The molecule has 0 aliphatic heterocycles. The normalized spacial score (nSPS) is 13.1. The van der Waals surface area contributed by atoms with E-state index in [0.29, 0.717) is 18.9 Å². The Bertz CT molecular complexity index is 671. The zero-order valence-electron chi connectivity index (χ0n) is 13.4. The lowest BCUT2D eigenvalue weighted by Gasteiger charge is -2.11. The molecule has 4 nitrogen and oxygen atoms in total. The lowest BCUT2D eigenvalue weighted by molar-refractivity contribution is -0.144. The van der Waals surface area contributed by atoms with Crippen molar-refractivity contribution in [1.29, 1.82) is 0 Å². The monoisotopic (exact) mass is 300 g/mol. The molecule has 118 valence electrons. The summed E-state index contributed by atoms with van der Waals surface area (Å²) in [5.41, 5.74) is 9.12. The zero-order valence-corrected chi connectivity index (χ0v) is 13.4. The highest BCUT2D eigenvalue weighted by molar-refractivity contribution is 5.88. The van der Waals surface area contributed by atoms with Gasteiger partial charge in [0.1, 0.15) is 6.04 Å². The number of nitrogens with one attached hydrogen (secondary N) is 1. The third kappa shape index (κ3) is 3.77. The predicted octanol–water partition coefficient (Wildman–Crippen LogP) is 3.27. The number of hydrogen-bond acceptors (Lipinski definition) is 3. The number of H-pyrrole nitrogens is 1. The van der Waals surface area contributed by atoms with Crippen LogP contribution < -0.4 is 5.73 Å². The number of hydrogen-bond donors (Lipinski definition) is 2. The van der Waals surface area contributed by atoms with Gasteiger partial charge in [-0.1, -0.05) is 38.1 Å². The first kappa shape index (κ1) is 16.3. The molecule has 0 fully saturated rings. The molecule has 2 rings (SSSR count). The summed E-state index contributed by atoms with van der Waals surface area (Å²) in [5, 5.41) is 1.10. The van der Waals surface area contributed by atoms with Crippen LogP contribution in [0.4, 0.5) is 0 Å². The Balaban J connectivity index is 2.36. The number of nitrogens with two attached hydrogens (primary N) is 1. The van der Waals surface area contributed by atoms with Crippen LogP contribution in [0.1, 0.15) is 32.0 Å². The molecule has 4 heteroatoms. The van der Waals surface area contributed by atoms with Crippen molar-refractivity contribution in [1.82, 2.24) is 4.98 Å². The van der Waals surface area contributed by atoms with Gasteiger partial charge in [0.2, 0.25) is 0 Å². The van der Waals surface area contributed by atoms with Crippen molar-refractivity contribution >= 4 is 22.9 Å². The molecular formula is C18H24N2O2. The molecule has 3 N–H and O–H groups in total. The number of carbonyl (C=O) groups is 1. The maximum Gasteiger partial charge on any atom is 0.323 e. The Hall–Kier alpha value is -2.07. The number of ether oxygens (including phenoxy) is 1. The minimum Gasteiger partial charge on any atom is -0.465 e. The fourth-order valence-electron chi connectivity index (χ4n) is 2.42. The Labute approximate surface area is 131 Å². The van der Waals surface area contributed by atoms with E-state index in [0.717, 1.165) is 22.2 Å². The zero-order chi connectivity index (χ0) is 16.1. The molecule has 1 atom stereocenters. The molecule has 0 radical (unpaired) electrons. The molecule has 1 heterocycles. The second-order valence-corrected chi connectivity index (χ2v) is 5.73. The minimum absolute atomic E-state index is 0.348. The fourth-order valence-corrected chi connectivity index (χ4v) is 2.42. The number of esters is 1. The van der Waals surface area contributed by atoms with Crippen LogP contribution in [0.3, 0.4) is 0 Å². The molecule has 22 heavy (non-hydrogen) atoms. The van der Waals surface area contributed by atoms with Crippen LogP contribution in [0.15, 0.2) is 30.3 Å². The fraction of sp³-hybridized carbons (Fsp3) is 0.389. The van der Waals surface area contributed by atoms with Crippen LogP contribution in [0.25, 0.3) is 17.0 Å². The molecule has 1 aromatic heterocycles. The van der Waals surface area contributed by atoms with E-state index in [4.69, 9.17) is 10.5 Å². The topological polar surface area (TPSA) is 68.1 Å². The smallest absolute Gasteiger partial charge is 0.323 e. The van der Waals surface area contributed by atoms with E-state index in [-0.39, 0.29) is 5.97 Å². The Kier molecular flexibility index (Phi) is 5.39. The van der Waals surface area contributed by atoms with Crippen molar-refractivity contribution in [2.45, 2.75) is 33.2 Å². The van der Waals surface area contributed by atoms with Crippen LogP contribution in [0.2, 0.25) is 0 Å². The summed E-state index contributed by atoms with van der Waals surface area (Å²) in [6.07, 6.45) is 4.66. The van der Waals surface area contributed by atoms with Crippen LogP contribution in [-0.2, 0) is 16.0 Å². The van der Waals surface area contributed by atoms with Crippen LogP contribution in [-0.4, -0.2) is 23.6 Å². The molecule has 0 bridgehead atoms. The molecule has 0 saturated heterocycles. The van der Waals surface area contributed by atoms with Gasteiger partial charge in [0.25, 0.3) is 0 Å². The third-order valence-corrected chi connectivity index (χ3v) is 3.51. The number of carbonyl (C=O) groups excluding carboxylic acids is 1. The molecule has 2 aromatic rings. The first-order valence-corrected chi connectivity index (χ1v) is 7.73. The summed E-state index contributed by atoms with van der Waals surface area (Å²) in [7, 11) is 0. The van der Waals surface area contributed by atoms with Gasteiger partial charge < -0.3 is 15.5 Å². The number of allylic oxidation sites excluding steroid dienone is 1. The van der Waals surface area contributed by atoms with Crippen molar-refractivity contribution in [3.8, 4) is 0 Å². The van der Waals surface area contributed by atoms with E-state index in [1.54, 1.807) is 6.92 Å². The van der Waals surface area contributed by atoms with Crippen molar-refractivity contribution in [2.24, 2.45) is 11.7 Å². The molecule has 0 spiro atoms. The molecule has 0 amide bonds. The van der Waals surface area contributed by atoms with Crippen molar-refractivity contribution in [3.05, 3.63) is 41.6 Å². The van der Waals surface area contributed by atoms with Gasteiger partial charge in [-0.05, 0) is 30.5 Å². The Morgan fingerprint density at radius 2 is 2.09 bits per heavy atom. The van der Waals surface area contributed by atoms with Crippen molar-refractivity contribution < 1.29 is 9.53 Å². The number of fused-ring (bicyclic) bond motifs is 1. The average Bonchev–Trinajstić information content (AvgIpc) is 2.83. The van der Waals surface area contributed by atoms with Crippen molar-refractivity contribution in [2.75, 3.05) is 6.61 Å². The molecule has 1 aromatic carbocycles. The number of rotatable bonds is 6. The Morgan fingerprint density at radius 3 is 2.77 bits per heavy atom. The summed E-state index contributed by atoms with van der Waals surface area (Å²) in [5.74, 6) is 0.101. The highest BCUT2D eigenvalue weighted by Gasteiger charge is 2.19. The Morgan fingerprint density at radius 1 is 1.36 bits per heavy atom. The first-order valence-electron chi connectivity index (χ1n) is 7.73. The minimum atomic E-state index is -0.648. The van der Waals surface area contributed by atoms with Gasteiger partial charge in [-0.2, -0.15) is 0 Å². The largest absolute Gasteiger partial charge is 0.465 e. The second kappa shape index (κ2) is 7.27. The number of benzene rings is 1. The van der Waals surface area contributed by atoms with E-state index in [2.05, 4.69) is 31.0 Å². The molecule has 0 saturated carbocycles. The average molecular weight is 300 g/mol. The highest BCUT2D eigenvalue weighted by Crippen LogP contribution is 2.25. The molecule has 1 unspecified atom stereocenters. The lowest BCUT2D eigenvalue weighted by atomic mass is 10.0. The quantitative estimate of drug-likeness (QED) is 0.805. The summed E-state index contributed by atoms with van der Waals surface area (Å²) in [4.78, 5) is 15.2. The maximum absolute atomic E-state index is 11.8. The van der Waals surface area contributed by atoms with Gasteiger partial charge in [-0.3, -0.25) is 4.79 Å². The molecular weight excluding hydrogens is 276 g/mol. The van der Waals surface area contributed by atoms with Crippen LogP contribution >= 0.6 is 0 Å². The van der Waals surface area contributed by atoms with Gasteiger partial charge in [-0.15, -0.1) is 0 Å². The number of aromatic nitrogens is 1. The van der Waals surface area contributed by atoms with E-state index in [1.165, 1.54) is 0 Å². The van der Waals surface area contributed by atoms with Crippen molar-refractivity contribution in [3.63, 3.8) is 0 Å². The van der Waals surface area contributed by atoms with E-state index in [1.807, 2.05) is 24.3 Å². The predicted molar refractivity (Wildman–Crippen MR) is 90.5 cm³/mol. The number of aromatic amines is 1. The van der Waals surface area contributed by atoms with Gasteiger partial charge >= 0.3 is 5.97 Å². The SMILES string of the molecule is CCOC(=O)C(N)Cc1c(/C=C/C(C)C)[nH]c2ccccc12. The third-order valence-electron chi connectivity index (χ3n) is 3.51. The summed E-state index contributed by atoms with van der Waals surface area (Å²) in [6, 6.07) is 7.41. The molecule has 0 aliphatic rings. The van der Waals surface area contributed by atoms with E-state index >= 15 is 0 Å². The van der Waals surface area contributed by atoms with Gasteiger partial charge in [0, 0.05) is 23.0 Å². The van der Waals surface area contributed by atoms with Gasteiger partial charge in [0.05, 0.1) is 6.61 Å². The first-order chi connectivity index (χ1) is 10.5. The van der Waals surface area contributed by atoms with E-state index < -0.39 is 6.04 Å². The summed E-state index contributed by atoms with van der Waals surface area (Å²) < 4.78 is 5.01. The van der Waals surface area contributed by atoms with Gasteiger partial charge in [0.15, 0.2) is 0 Å². The van der Waals surface area contributed by atoms with Gasteiger partial charge in [-0.25, -0.2) is 0 Å².